The van der Waals surface area contributed by atoms with Crippen LogP contribution in [0.2, 0.25) is 10.2 Å². The molecule has 0 aliphatic carbocycles. The normalized spacial score (nSPS) is 12.4. The van der Waals surface area contributed by atoms with Crippen LogP contribution in [0.15, 0.2) is 53.2 Å². The van der Waals surface area contributed by atoms with Crippen molar-refractivity contribution in [3.8, 4) is 0 Å². The van der Waals surface area contributed by atoms with Gasteiger partial charge >= 0.3 is 0 Å². The fourth-order valence-electron chi connectivity index (χ4n) is 2.68. The van der Waals surface area contributed by atoms with Gasteiger partial charge in [-0.1, -0.05) is 41.4 Å². The number of halogens is 2. The maximum atomic E-state index is 12.2. The van der Waals surface area contributed by atoms with E-state index in [1.165, 1.54) is 6.08 Å². The van der Waals surface area contributed by atoms with Crippen LogP contribution in [0.25, 0.3) is 6.08 Å². The van der Waals surface area contributed by atoms with Crippen LogP contribution >= 0.6 is 23.2 Å². The quantitative estimate of drug-likeness (QED) is 0.587. The first kappa shape index (κ1) is 19.3. The van der Waals surface area contributed by atoms with Crippen molar-refractivity contribution >= 4 is 35.2 Å². The van der Waals surface area contributed by atoms with Crippen LogP contribution in [0.5, 0.6) is 0 Å². The molecule has 140 valence electrons. The molecule has 0 saturated carbocycles. The van der Waals surface area contributed by atoms with Crippen LogP contribution in [-0.2, 0) is 11.3 Å². The Morgan fingerprint density at radius 2 is 2.07 bits per heavy atom. The fourth-order valence-corrected chi connectivity index (χ4v) is 3.17. The number of aryl methyl sites for hydroxylation is 1. The summed E-state index contributed by atoms with van der Waals surface area (Å²) in [5, 5.41) is 8.40. The Morgan fingerprint density at radius 3 is 2.78 bits per heavy atom. The molecule has 1 amide bonds. The van der Waals surface area contributed by atoms with Crippen LogP contribution in [0.4, 0.5) is 0 Å². The minimum absolute atomic E-state index is 0.225. The van der Waals surface area contributed by atoms with Crippen molar-refractivity contribution in [1.82, 2.24) is 15.1 Å². The van der Waals surface area contributed by atoms with Gasteiger partial charge in [0.2, 0.25) is 5.91 Å². The van der Waals surface area contributed by atoms with Crippen molar-refractivity contribution in [2.45, 2.75) is 26.4 Å². The lowest BCUT2D eigenvalue weighted by Crippen LogP contribution is -2.24. The summed E-state index contributed by atoms with van der Waals surface area (Å²) in [6, 6.07) is 10.9. The van der Waals surface area contributed by atoms with Gasteiger partial charge in [-0.2, -0.15) is 5.10 Å². The zero-order chi connectivity index (χ0) is 19.4. The molecule has 2 heterocycles. The molecule has 3 aromatic rings. The highest BCUT2D eigenvalue weighted by atomic mass is 35.5. The molecule has 0 saturated heterocycles. The second kappa shape index (κ2) is 8.46. The standard InChI is InChI=1S/C20H19Cl2N3O2/c1-13-16(9-10-19(26)23-14(2)18-8-5-11-27-18)20(22)25(24-13)12-15-6-3-4-7-17(15)21/h3-11,14H,12H2,1-2H3,(H,23,26)/b10-9+/t14-/m0/s1. The SMILES string of the molecule is Cc1nn(Cc2ccccc2Cl)c(Cl)c1/C=C/C(=O)N[C@@H](C)c1ccco1. The number of hydrogen-bond acceptors (Lipinski definition) is 3. The molecule has 7 heteroatoms. The van der Waals surface area contributed by atoms with Crippen molar-refractivity contribution in [2.75, 3.05) is 0 Å². The monoisotopic (exact) mass is 403 g/mol. The number of aromatic nitrogens is 2. The van der Waals surface area contributed by atoms with E-state index in [2.05, 4.69) is 10.4 Å². The van der Waals surface area contributed by atoms with Gasteiger partial charge in [0.25, 0.3) is 0 Å². The van der Waals surface area contributed by atoms with E-state index in [1.54, 1.807) is 23.1 Å². The van der Waals surface area contributed by atoms with Crippen molar-refractivity contribution in [2.24, 2.45) is 0 Å². The fraction of sp³-hybridized carbons (Fsp3) is 0.200. The molecule has 1 N–H and O–H groups in total. The first-order chi connectivity index (χ1) is 13.0. The van der Waals surface area contributed by atoms with Crippen LogP contribution in [0.3, 0.4) is 0 Å². The maximum Gasteiger partial charge on any atom is 0.244 e. The molecule has 0 spiro atoms. The summed E-state index contributed by atoms with van der Waals surface area (Å²) in [5.41, 5.74) is 2.35. The molecular formula is C20H19Cl2N3O2. The first-order valence-electron chi connectivity index (χ1n) is 8.44. The number of hydrogen-bond donors (Lipinski definition) is 1. The molecule has 1 aromatic carbocycles. The molecule has 0 unspecified atom stereocenters. The Balaban J connectivity index is 1.71. The Labute approximate surface area is 167 Å². The lowest BCUT2D eigenvalue weighted by Gasteiger charge is -2.08. The zero-order valence-corrected chi connectivity index (χ0v) is 16.5. The van der Waals surface area contributed by atoms with Crippen LogP contribution in [0.1, 0.15) is 35.5 Å². The van der Waals surface area contributed by atoms with E-state index in [1.807, 2.05) is 44.2 Å². The predicted molar refractivity (Wildman–Crippen MR) is 107 cm³/mol. The third-order valence-electron chi connectivity index (χ3n) is 4.12. The molecule has 0 bridgehead atoms. The highest BCUT2D eigenvalue weighted by Crippen LogP contribution is 2.24. The van der Waals surface area contributed by atoms with Gasteiger partial charge in [-0.05, 0) is 43.7 Å². The number of nitrogens with one attached hydrogen (secondary N) is 1. The summed E-state index contributed by atoms with van der Waals surface area (Å²) in [5.74, 6) is 0.451. The van der Waals surface area contributed by atoms with E-state index in [0.717, 1.165) is 11.3 Å². The van der Waals surface area contributed by atoms with Gasteiger partial charge < -0.3 is 9.73 Å². The van der Waals surface area contributed by atoms with Gasteiger partial charge in [-0.3, -0.25) is 4.79 Å². The van der Waals surface area contributed by atoms with Gasteiger partial charge in [0, 0.05) is 16.7 Å². The number of furan rings is 1. The van der Waals surface area contributed by atoms with E-state index < -0.39 is 0 Å². The highest BCUT2D eigenvalue weighted by molar-refractivity contribution is 6.32. The summed E-state index contributed by atoms with van der Waals surface area (Å²) >= 11 is 12.7. The van der Waals surface area contributed by atoms with Gasteiger partial charge in [-0.25, -0.2) is 4.68 Å². The average Bonchev–Trinajstić information content (AvgIpc) is 3.25. The van der Waals surface area contributed by atoms with E-state index in [0.29, 0.717) is 28.0 Å². The van der Waals surface area contributed by atoms with Gasteiger partial charge in [0.05, 0.1) is 24.5 Å². The van der Waals surface area contributed by atoms with Crippen LogP contribution in [-0.4, -0.2) is 15.7 Å². The van der Waals surface area contributed by atoms with Crippen molar-refractivity contribution in [3.63, 3.8) is 0 Å². The molecule has 2 aromatic heterocycles. The number of carbonyl (C=O) groups is 1. The lowest BCUT2D eigenvalue weighted by atomic mass is 10.2. The second-order valence-corrected chi connectivity index (χ2v) is 6.88. The smallest absolute Gasteiger partial charge is 0.244 e. The number of nitrogens with zero attached hydrogens (tertiary/aromatic N) is 2. The third-order valence-corrected chi connectivity index (χ3v) is 4.88. The second-order valence-electron chi connectivity index (χ2n) is 6.12. The van der Waals surface area contributed by atoms with Crippen molar-refractivity contribution < 1.29 is 9.21 Å². The van der Waals surface area contributed by atoms with Crippen molar-refractivity contribution in [1.29, 1.82) is 0 Å². The summed E-state index contributed by atoms with van der Waals surface area (Å²) in [4.78, 5) is 12.2. The van der Waals surface area contributed by atoms with E-state index in [4.69, 9.17) is 27.6 Å². The minimum Gasteiger partial charge on any atom is -0.467 e. The van der Waals surface area contributed by atoms with Crippen LogP contribution < -0.4 is 5.32 Å². The molecular weight excluding hydrogens is 385 g/mol. The van der Waals surface area contributed by atoms with E-state index in [9.17, 15) is 4.79 Å². The minimum atomic E-state index is -0.242. The summed E-state index contributed by atoms with van der Waals surface area (Å²) in [6.07, 6.45) is 4.68. The predicted octanol–water partition coefficient (Wildman–Crippen LogP) is 5.03. The molecule has 0 fully saturated rings. The Kier molecular flexibility index (Phi) is 6.04. The van der Waals surface area contributed by atoms with Crippen LogP contribution in [0, 0.1) is 6.92 Å². The van der Waals surface area contributed by atoms with Gasteiger partial charge in [0.1, 0.15) is 10.9 Å². The number of benzene rings is 1. The molecule has 3 rings (SSSR count). The number of rotatable bonds is 6. The molecule has 27 heavy (non-hydrogen) atoms. The Bertz CT molecular complexity index is 962. The largest absolute Gasteiger partial charge is 0.467 e. The average molecular weight is 404 g/mol. The third kappa shape index (κ3) is 4.62. The Hall–Kier alpha value is -2.50. The highest BCUT2D eigenvalue weighted by Gasteiger charge is 2.14. The molecule has 0 aliphatic heterocycles. The van der Waals surface area contributed by atoms with Crippen molar-refractivity contribution in [3.05, 3.63) is 81.5 Å². The zero-order valence-electron chi connectivity index (χ0n) is 14.9. The summed E-state index contributed by atoms with van der Waals surface area (Å²) in [6.45, 7) is 4.15. The Morgan fingerprint density at radius 1 is 1.30 bits per heavy atom. The lowest BCUT2D eigenvalue weighted by molar-refractivity contribution is -0.117. The topological polar surface area (TPSA) is 60.1 Å². The van der Waals surface area contributed by atoms with E-state index >= 15 is 0 Å². The van der Waals surface area contributed by atoms with Gasteiger partial charge in [-0.15, -0.1) is 0 Å². The molecule has 1 atom stereocenters. The summed E-state index contributed by atoms with van der Waals surface area (Å²) in [7, 11) is 0. The summed E-state index contributed by atoms with van der Waals surface area (Å²) < 4.78 is 6.95. The molecule has 0 radical (unpaired) electrons. The first-order valence-corrected chi connectivity index (χ1v) is 9.19. The van der Waals surface area contributed by atoms with Gasteiger partial charge in [0.15, 0.2) is 0 Å². The number of amides is 1. The van der Waals surface area contributed by atoms with E-state index in [-0.39, 0.29) is 11.9 Å². The molecule has 0 aliphatic rings. The molecule has 5 nitrogen and oxygen atoms in total. The number of carbonyl (C=O) groups excluding carboxylic acids is 1. The maximum absolute atomic E-state index is 12.2.